The van der Waals surface area contributed by atoms with Crippen LogP contribution in [0.15, 0.2) is 59.5 Å². The van der Waals surface area contributed by atoms with Crippen LogP contribution in [0.3, 0.4) is 0 Å². The molecule has 1 aliphatic carbocycles. The molecule has 2 aromatic carbocycles. The maximum atomic E-state index is 12.2. The molecule has 0 heterocycles. The fourth-order valence-corrected chi connectivity index (χ4v) is 3.31. The van der Waals surface area contributed by atoms with E-state index in [0.717, 1.165) is 0 Å². The minimum atomic E-state index is -3.50. The van der Waals surface area contributed by atoms with Crippen molar-refractivity contribution < 1.29 is 8.42 Å². The molecular formula is C16H17NO2S. The van der Waals surface area contributed by atoms with Crippen LogP contribution in [0.1, 0.15) is 25.3 Å². The molecular weight excluding hydrogens is 270 g/mol. The van der Waals surface area contributed by atoms with E-state index < -0.39 is 10.0 Å². The number of hydrogen-bond acceptors (Lipinski definition) is 2. The quantitative estimate of drug-likeness (QED) is 0.935. The van der Waals surface area contributed by atoms with E-state index in [0.29, 0.717) is 11.1 Å². The van der Waals surface area contributed by atoms with Crippen molar-refractivity contribution >= 4 is 15.7 Å². The van der Waals surface area contributed by atoms with Gasteiger partial charge in [-0.2, -0.15) is 0 Å². The van der Waals surface area contributed by atoms with Crippen molar-refractivity contribution in [1.29, 1.82) is 0 Å². The summed E-state index contributed by atoms with van der Waals surface area (Å²) >= 11 is 0. The number of anilines is 1. The molecule has 20 heavy (non-hydrogen) atoms. The number of benzene rings is 2. The Morgan fingerprint density at radius 1 is 0.950 bits per heavy atom. The van der Waals surface area contributed by atoms with Crippen LogP contribution in [-0.2, 0) is 15.4 Å². The molecule has 1 fully saturated rings. The molecule has 0 radical (unpaired) electrons. The lowest BCUT2D eigenvalue weighted by molar-refractivity contribution is 0.601. The van der Waals surface area contributed by atoms with Gasteiger partial charge in [-0.15, -0.1) is 0 Å². The first kappa shape index (κ1) is 13.2. The highest BCUT2D eigenvalue weighted by Gasteiger charge is 2.38. The van der Waals surface area contributed by atoms with Crippen molar-refractivity contribution in [1.82, 2.24) is 0 Å². The zero-order chi connectivity index (χ0) is 14.2. The summed E-state index contributed by atoms with van der Waals surface area (Å²) in [4.78, 5) is 0.276. The maximum Gasteiger partial charge on any atom is 0.261 e. The first-order chi connectivity index (χ1) is 9.50. The van der Waals surface area contributed by atoms with Crippen LogP contribution in [0.25, 0.3) is 0 Å². The fraction of sp³-hybridized carbons (Fsp3) is 0.250. The first-order valence-corrected chi connectivity index (χ1v) is 8.16. The highest BCUT2D eigenvalue weighted by molar-refractivity contribution is 7.92. The van der Waals surface area contributed by atoms with Gasteiger partial charge in [0.25, 0.3) is 10.0 Å². The zero-order valence-corrected chi connectivity index (χ0v) is 12.2. The lowest BCUT2D eigenvalue weighted by atomic mass is 9.98. The van der Waals surface area contributed by atoms with Gasteiger partial charge >= 0.3 is 0 Å². The number of sulfonamides is 1. The average Bonchev–Trinajstić information content (AvgIpc) is 3.19. The SMILES string of the molecule is CC1(c2ccc(NS(=O)(=O)c3ccccc3)cc2)CC1. The van der Waals surface area contributed by atoms with Crippen molar-refractivity contribution in [3.63, 3.8) is 0 Å². The standard InChI is InChI=1S/C16H17NO2S/c1-16(11-12-16)13-7-9-14(10-8-13)17-20(18,19)15-5-3-2-4-6-15/h2-10,17H,11-12H2,1H3. The van der Waals surface area contributed by atoms with Gasteiger partial charge in [-0.1, -0.05) is 37.3 Å². The van der Waals surface area contributed by atoms with Gasteiger partial charge in [-0.25, -0.2) is 8.42 Å². The van der Waals surface area contributed by atoms with Crippen LogP contribution < -0.4 is 4.72 Å². The summed E-state index contributed by atoms with van der Waals surface area (Å²) in [5.74, 6) is 0. The summed E-state index contributed by atoms with van der Waals surface area (Å²) in [5.41, 5.74) is 2.18. The Labute approximate surface area is 119 Å². The molecule has 1 saturated carbocycles. The van der Waals surface area contributed by atoms with E-state index in [-0.39, 0.29) is 4.90 Å². The van der Waals surface area contributed by atoms with E-state index in [2.05, 4.69) is 11.6 Å². The normalized spacial score (nSPS) is 16.6. The third-order valence-corrected chi connectivity index (χ3v) is 5.28. The molecule has 4 heteroatoms. The largest absolute Gasteiger partial charge is 0.280 e. The Morgan fingerprint density at radius 3 is 2.10 bits per heavy atom. The molecule has 0 saturated heterocycles. The van der Waals surface area contributed by atoms with E-state index in [9.17, 15) is 8.42 Å². The molecule has 0 amide bonds. The lowest BCUT2D eigenvalue weighted by Gasteiger charge is -2.11. The summed E-state index contributed by atoms with van der Waals surface area (Å²) in [5, 5.41) is 0. The van der Waals surface area contributed by atoms with Crippen molar-refractivity contribution in [2.45, 2.75) is 30.1 Å². The zero-order valence-electron chi connectivity index (χ0n) is 11.3. The second-order valence-corrected chi connectivity index (χ2v) is 7.24. The molecule has 104 valence electrons. The van der Waals surface area contributed by atoms with Gasteiger partial charge in [0, 0.05) is 5.69 Å². The Kier molecular flexibility index (Phi) is 3.05. The number of rotatable bonds is 4. The summed E-state index contributed by atoms with van der Waals surface area (Å²) in [7, 11) is -3.50. The van der Waals surface area contributed by atoms with Gasteiger partial charge in [-0.05, 0) is 48.1 Å². The second-order valence-electron chi connectivity index (χ2n) is 5.56. The second kappa shape index (κ2) is 4.63. The summed E-state index contributed by atoms with van der Waals surface area (Å²) < 4.78 is 27.0. The predicted octanol–water partition coefficient (Wildman–Crippen LogP) is 3.54. The van der Waals surface area contributed by atoms with Crippen molar-refractivity contribution in [3.8, 4) is 0 Å². The van der Waals surface area contributed by atoms with E-state index in [1.54, 1.807) is 30.3 Å². The lowest BCUT2D eigenvalue weighted by Crippen LogP contribution is -2.12. The Bertz CT molecular complexity index is 702. The topological polar surface area (TPSA) is 46.2 Å². The van der Waals surface area contributed by atoms with Gasteiger partial charge in [0.05, 0.1) is 4.90 Å². The van der Waals surface area contributed by atoms with Crippen LogP contribution in [-0.4, -0.2) is 8.42 Å². The van der Waals surface area contributed by atoms with Gasteiger partial charge in [-0.3, -0.25) is 4.72 Å². The smallest absolute Gasteiger partial charge is 0.261 e. The number of nitrogens with one attached hydrogen (secondary N) is 1. The third-order valence-electron chi connectivity index (χ3n) is 3.89. The Hall–Kier alpha value is -1.81. The monoisotopic (exact) mass is 287 g/mol. The number of hydrogen-bond donors (Lipinski definition) is 1. The molecule has 1 N–H and O–H groups in total. The van der Waals surface area contributed by atoms with E-state index in [4.69, 9.17) is 0 Å². The molecule has 0 spiro atoms. The van der Waals surface area contributed by atoms with E-state index in [1.165, 1.54) is 18.4 Å². The highest BCUT2D eigenvalue weighted by Crippen LogP contribution is 2.47. The van der Waals surface area contributed by atoms with Gasteiger partial charge in [0.15, 0.2) is 0 Å². The third kappa shape index (κ3) is 2.56. The van der Waals surface area contributed by atoms with Crippen LogP contribution >= 0.6 is 0 Å². The Morgan fingerprint density at radius 2 is 1.55 bits per heavy atom. The maximum absolute atomic E-state index is 12.2. The molecule has 1 aliphatic rings. The van der Waals surface area contributed by atoms with Crippen LogP contribution in [0, 0.1) is 0 Å². The van der Waals surface area contributed by atoms with Gasteiger partial charge < -0.3 is 0 Å². The molecule has 3 nitrogen and oxygen atoms in total. The molecule has 0 aliphatic heterocycles. The van der Waals surface area contributed by atoms with Gasteiger partial charge in [0.2, 0.25) is 0 Å². The minimum absolute atomic E-state index is 0.276. The highest BCUT2D eigenvalue weighted by atomic mass is 32.2. The molecule has 3 rings (SSSR count). The molecule has 2 aromatic rings. The summed E-state index contributed by atoms with van der Waals surface area (Å²) in [6.45, 7) is 2.23. The Balaban J connectivity index is 1.81. The van der Waals surface area contributed by atoms with Crippen LogP contribution in [0.5, 0.6) is 0 Å². The first-order valence-electron chi connectivity index (χ1n) is 6.68. The van der Waals surface area contributed by atoms with E-state index in [1.807, 2.05) is 24.3 Å². The van der Waals surface area contributed by atoms with Crippen LogP contribution in [0.2, 0.25) is 0 Å². The van der Waals surface area contributed by atoms with Crippen molar-refractivity contribution in [2.75, 3.05) is 4.72 Å². The molecule has 0 aromatic heterocycles. The molecule has 0 atom stereocenters. The average molecular weight is 287 g/mol. The van der Waals surface area contributed by atoms with Crippen LogP contribution in [0.4, 0.5) is 5.69 Å². The molecule has 0 unspecified atom stereocenters. The summed E-state index contributed by atoms with van der Waals surface area (Å²) in [6, 6.07) is 16.1. The summed E-state index contributed by atoms with van der Waals surface area (Å²) in [6.07, 6.45) is 2.42. The predicted molar refractivity (Wildman–Crippen MR) is 80.3 cm³/mol. The van der Waals surface area contributed by atoms with Crippen molar-refractivity contribution in [2.24, 2.45) is 0 Å². The fourth-order valence-electron chi connectivity index (χ4n) is 2.23. The van der Waals surface area contributed by atoms with Gasteiger partial charge in [0.1, 0.15) is 0 Å². The molecule has 0 bridgehead atoms. The van der Waals surface area contributed by atoms with Crippen molar-refractivity contribution in [3.05, 3.63) is 60.2 Å². The van der Waals surface area contributed by atoms with E-state index >= 15 is 0 Å². The minimum Gasteiger partial charge on any atom is -0.280 e.